The third-order valence-electron chi connectivity index (χ3n) is 6.04. The lowest BCUT2D eigenvalue weighted by atomic mass is 9.94. The average molecular weight is 382 g/mol. The van der Waals surface area contributed by atoms with Gasteiger partial charge < -0.3 is 9.47 Å². The fraction of sp³-hybridized carbons (Fsp3) is 0.522. The molecule has 5 heteroatoms. The molecule has 3 saturated heterocycles. The molecule has 2 bridgehead atoms. The summed E-state index contributed by atoms with van der Waals surface area (Å²) in [7, 11) is 3.45. The zero-order chi connectivity index (χ0) is 19.3. The number of fused-ring (bicyclic) bond motifs is 4. The van der Waals surface area contributed by atoms with Gasteiger partial charge in [-0.3, -0.25) is 14.8 Å². The Morgan fingerprint density at radius 3 is 2.75 bits per heavy atom. The molecular weight excluding hydrogens is 350 g/mol. The van der Waals surface area contributed by atoms with Gasteiger partial charge >= 0.3 is 0 Å². The average Bonchev–Trinajstić information content (AvgIpc) is 3.00. The maximum Gasteiger partial charge on any atom is 0.124 e. The minimum atomic E-state index is 0.584. The Hall–Kier alpha value is -1.95. The maximum atomic E-state index is 5.48. The molecule has 2 atom stereocenters. The van der Waals surface area contributed by atoms with E-state index in [9.17, 15) is 0 Å². The van der Waals surface area contributed by atoms with E-state index in [1.54, 1.807) is 14.2 Å². The molecule has 0 spiro atoms. The quantitative estimate of drug-likeness (QED) is 0.735. The molecule has 3 aliphatic heterocycles. The molecule has 5 rings (SSSR count). The van der Waals surface area contributed by atoms with Crippen LogP contribution in [0.15, 0.2) is 42.6 Å². The van der Waals surface area contributed by atoms with Gasteiger partial charge in [0.25, 0.3) is 0 Å². The molecule has 150 valence electrons. The molecule has 2 aromatic rings. The molecule has 0 aliphatic carbocycles. The SMILES string of the molecule is COCc1cc(CN2C[C@H]3CC[C@@H]2CN(Cc2ccccn2)C3)ccc1OC. The van der Waals surface area contributed by atoms with Crippen molar-refractivity contribution in [2.24, 2.45) is 5.92 Å². The van der Waals surface area contributed by atoms with Crippen LogP contribution in [0.25, 0.3) is 0 Å². The number of nitrogens with zero attached hydrogens (tertiary/aromatic N) is 3. The van der Waals surface area contributed by atoms with Crippen LogP contribution in [0.2, 0.25) is 0 Å². The first-order valence-corrected chi connectivity index (χ1v) is 10.3. The highest BCUT2D eigenvalue weighted by atomic mass is 16.5. The summed E-state index contributed by atoms with van der Waals surface area (Å²) in [4.78, 5) is 9.82. The summed E-state index contributed by atoms with van der Waals surface area (Å²) in [6.45, 7) is 6.05. The molecule has 0 unspecified atom stereocenters. The number of aromatic nitrogens is 1. The Balaban J connectivity index is 1.44. The van der Waals surface area contributed by atoms with E-state index >= 15 is 0 Å². The van der Waals surface area contributed by atoms with Crippen molar-refractivity contribution in [3.63, 3.8) is 0 Å². The third-order valence-corrected chi connectivity index (χ3v) is 6.04. The number of ether oxygens (including phenoxy) is 2. The Morgan fingerprint density at radius 2 is 1.96 bits per heavy atom. The second-order valence-electron chi connectivity index (χ2n) is 8.12. The molecule has 0 saturated carbocycles. The minimum absolute atomic E-state index is 0.584. The molecular formula is C23H31N3O2. The van der Waals surface area contributed by atoms with Gasteiger partial charge in [0, 0.05) is 57.6 Å². The van der Waals surface area contributed by atoms with Crippen molar-refractivity contribution in [1.29, 1.82) is 0 Å². The normalized spacial score (nSPS) is 22.9. The number of methoxy groups -OCH3 is 2. The van der Waals surface area contributed by atoms with Crippen LogP contribution in [-0.2, 0) is 24.4 Å². The van der Waals surface area contributed by atoms with E-state index in [2.05, 4.69) is 45.1 Å². The van der Waals surface area contributed by atoms with Gasteiger partial charge in [-0.1, -0.05) is 12.1 Å². The fourth-order valence-electron chi connectivity index (χ4n) is 4.75. The summed E-state index contributed by atoms with van der Waals surface area (Å²) in [5, 5.41) is 0. The number of rotatable bonds is 7. The lowest BCUT2D eigenvalue weighted by Gasteiger charge is -2.36. The van der Waals surface area contributed by atoms with Crippen molar-refractivity contribution >= 4 is 0 Å². The van der Waals surface area contributed by atoms with E-state index in [0.29, 0.717) is 12.6 Å². The monoisotopic (exact) mass is 381 g/mol. The number of benzene rings is 1. The van der Waals surface area contributed by atoms with Crippen LogP contribution in [0.1, 0.15) is 29.7 Å². The number of pyridine rings is 1. The van der Waals surface area contributed by atoms with Crippen LogP contribution in [-0.4, -0.2) is 54.7 Å². The van der Waals surface area contributed by atoms with E-state index in [4.69, 9.17) is 9.47 Å². The molecule has 0 radical (unpaired) electrons. The third kappa shape index (κ3) is 4.54. The van der Waals surface area contributed by atoms with Crippen LogP contribution in [0.4, 0.5) is 0 Å². The Morgan fingerprint density at radius 1 is 1.04 bits per heavy atom. The summed E-state index contributed by atoms with van der Waals surface area (Å²) < 4.78 is 10.8. The predicted molar refractivity (Wildman–Crippen MR) is 110 cm³/mol. The van der Waals surface area contributed by atoms with Gasteiger partial charge in [0.15, 0.2) is 0 Å². The van der Waals surface area contributed by atoms with Crippen molar-refractivity contribution < 1.29 is 9.47 Å². The minimum Gasteiger partial charge on any atom is -0.496 e. The Kier molecular flexibility index (Phi) is 6.25. The van der Waals surface area contributed by atoms with Crippen molar-refractivity contribution in [3.05, 3.63) is 59.4 Å². The second kappa shape index (κ2) is 9.03. The van der Waals surface area contributed by atoms with Crippen molar-refractivity contribution in [2.75, 3.05) is 33.9 Å². The van der Waals surface area contributed by atoms with Crippen LogP contribution in [0.3, 0.4) is 0 Å². The van der Waals surface area contributed by atoms with Gasteiger partial charge in [-0.15, -0.1) is 0 Å². The second-order valence-corrected chi connectivity index (χ2v) is 8.12. The first kappa shape index (κ1) is 19.4. The van der Waals surface area contributed by atoms with E-state index in [-0.39, 0.29) is 0 Å². The Labute approximate surface area is 168 Å². The molecule has 0 amide bonds. The molecule has 28 heavy (non-hydrogen) atoms. The van der Waals surface area contributed by atoms with Crippen molar-refractivity contribution in [2.45, 2.75) is 38.6 Å². The van der Waals surface area contributed by atoms with E-state index in [1.165, 1.54) is 37.2 Å². The predicted octanol–water partition coefficient (Wildman–Crippen LogP) is 3.33. The highest BCUT2D eigenvalue weighted by Crippen LogP contribution is 2.30. The maximum absolute atomic E-state index is 5.48. The van der Waals surface area contributed by atoms with E-state index in [1.807, 2.05) is 12.3 Å². The van der Waals surface area contributed by atoms with Gasteiger partial charge in [-0.25, -0.2) is 0 Å². The fourth-order valence-corrected chi connectivity index (χ4v) is 4.75. The molecule has 4 heterocycles. The largest absolute Gasteiger partial charge is 0.496 e. The first-order valence-electron chi connectivity index (χ1n) is 10.3. The molecule has 1 aromatic carbocycles. The van der Waals surface area contributed by atoms with E-state index in [0.717, 1.165) is 36.9 Å². The van der Waals surface area contributed by atoms with Crippen molar-refractivity contribution in [1.82, 2.24) is 14.8 Å². The number of hydrogen-bond donors (Lipinski definition) is 0. The molecule has 0 N–H and O–H groups in total. The van der Waals surface area contributed by atoms with Gasteiger partial charge in [-0.05, 0) is 48.6 Å². The molecule has 5 nitrogen and oxygen atoms in total. The molecule has 1 aromatic heterocycles. The zero-order valence-corrected chi connectivity index (χ0v) is 17.0. The highest BCUT2D eigenvalue weighted by Gasteiger charge is 2.34. The van der Waals surface area contributed by atoms with Crippen LogP contribution < -0.4 is 4.74 Å². The smallest absolute Gasteiger partial charge is 0.124 e. The summed E-state index contributed by atoms with van der Waals surface area (Å²) >= 11 is 0. The van der Waals surface area contributed by atoms with E-state index < -0.39 is 0 Å². The summed E-state index contributed by atoms with van der Waals surface area (Å²) in [6, 6.07) is 13.4. The topological polar surface area (TPSA) is 37.8 Å². The van der Waals surface area contributed by atoms with Gasteiger partial charge in [0.05, 0.1) is 19.4 Å². The summed E-state index contributed by atoms with van der Waals surface area (Å²) in [5.74, 6) is 1.66. The van der Waals surface area contributed by atoms with Gasteiger partial charge in [-0.2, -0.15) is 0 Å². The standard InChI is InChI=1S/C23H31N3O2/c1-27-17-20-11-18(7-9-23(20)28-2)13-26-14-19-6-8-22(26)16-25(12-19)15-21-5-3-4-10-24-21/h3-5,7,9-11,19,22H,6,8,12-17H2,1-2H3/t19-,22+/m0/s1. The first-order chi connectivity index (χ1) is 13.7. The lowest BCUT2D eigenvalue weighted by Crippen LogP contribution is -2.43. The molecule has 3 fully saturated rings. The van der Waals surface area contributed by atoms with Crippen LogP contribution >= 0.6 is 0 Å². The summed E-state index contributed by atoms with van der Waals surface area (Å²) in [5.41, 5.74) is 3.64. The number of piperidine rings is 1. The van der Waals surface area contributed by atoms with Gasteiger partial charge in [0.2, 0.25) is 0 Å². The zero-order valence-electron chi connectivity index (χ0n) is 17.0. The van der Waals surface area contributed by atoms with Crippen LogP contribution in [0, 0.1) is 5.92 Å². The Bertz CT molecular complexity index is 768. The number of hydrogen-bond acceptors (Lipinski definition) is 5. The van der Waals surface area contributed by atoms with Gasteiger partial charge in [0.1, 0.15) is 5.75 Å². The van der Waals surface area contributed by atoms with Crippen molar-refractivity contribution in [3.8, 4) is 5.75 Å². The highest BCUT2D eigenvalue weighted by molar-refractivity contribution is 5.37. The molecule has 3 aliphatic rings. The van der Waals surface area contributed by atoms with Crippen LogP contribution in [0.5, 0.6) is 5.75 Å². The summed E-state index contributed by atoms with van der Waals surface area (Å²) in [6.07, 6.45) is 4.54. The lowest BCUT2D eigenvalue weighted by molar-refractivity contribution is 0.123.